The molecule has 2 aromatic heterocycles. The number of benzene rings is 2. The largest absolute Gasteiger partial charge is 0.341 e. The van der Waals surface area contributed by atoms with Gasteiger partial charge in [-0.05, 0) is 36.2 Å². The van der Waals surface area contributed by atoms with Crippen molar-refractivity contribution in [1.29, 1.82) is 0 Å². The van der Waals surface area contributed by atoms with Crippen LogP contribution in [0.4, 0.5) is 0 Å². The number of imidazole rings is 1. The summed E-state index contributed by atoms with van der Waals surface area (Å²) in [6.07, 6.45) is 2.64. The van der Waals surface area contributed by atoms with Crippen LogP contribution in [-0.2, 0) is 26.4 Å². The number of fused-ring (bicyclic) bond motifs is 4. The third-order valence-electron chi connectivity index (χ3n) is 5.28. The first-order valence-corrected chi connectivity index (χ1v) is 8.76. The summed E-state index contributed by atoms with van der Waals surface area (Å²) in [5.41, 5.74) is 5.07. The highest BCUT2D eigenvalue weighted by molar-refractivity contribution is 6.01. The summed E-state index contributed by atoms with van der Waals surface area (Å²) in [5, 5.41) is 1.11. The van der Waals surface area contributed by atoms with Crippen LogP contribution in [0.25, 0.3) is 21.9 Å². The van der Waals surface area contributed by atoms with E-state index in [4.69, 9.17) is 4.98 Å². The Balaban J connectivity index is 1.49. The molecule has 1 aliphatic heterocycles. The minimum absolute atomic E-state index is 0.143. The average Bonchev–Trinajstić information content (AvgIpc) is 3.28. The van der Waals surface area contributed by atoms with Gasteiger partial charge < -0.3 is 9.13 Å². The topological polar surface area (TPSA) is 39.8 Å². The van der Waals surface area contributed by atoms with E-state index in [9.17, 15) is 4.79 Å². The van der Waals surface area contributed by atoms with Crippen molar-refractivity contribution >= 4 is 27.7 Å². The molecule has 0 unspecified atom stereocenters. The van der Waals surface area contributed by atoms with E-state index in [1.807, 2.05) is 41.9 Å². The molecule has 0 fully saturated rings. The number of hydrogen-bond donors (Lipinski definition) is 0. The standard InChI is InChI=1S/C21H19N3O/c1-23-17-6-3-2-5-15(17)13-19(23)20(25)12-14-8-9-18-16(11-14)22-21-7-4-10-24(18)21/h2-3,5-6,8-9,11,13H,4,7,10,12H2,1H3. The van der Waals surface area contributed by atoms with Crippen LogP contribution in [0, 0.1) is 0 Å². The minimum atomic E-state index is 0.143. The molecule has 0 bridgehead atoms. The fraction of sp³-hybridized carbons (Fsp3) is 0.238. The van der Waals surface area contributed by atoms with Gasteiger partial charge in [0.05, 0.1) is 16.7 Å². The molecule has 4 nitrogen and oxygen atoms in total. The Kier molecular flexibility index (Phi) is 3.07. The van der Waals surface area contributed by atoms with E-state index < -0.39 is 0 Å². The lowest BCUT2D eigenvalue weighted by Crippen LogP contribution is -2.08. The van der Waals surface area contributed by atoms with E-state index in [2.05, 4.69) is 22.8 Å². The van der Waals surface area contributed by atoms with E-state index in [-0.39, 0.29) is 5.78 Å². The smallest absolute Gasteiger partial charge is 0.183 e. The van der Waals surface area contributed by atoms with Gasteiger partial charge in [0.25, 0.3) is 0 Å². The molecular weight excluding hydrogens is 310 g/mol. The Morgan fingerprint density at radius 3 is 2.88 bits per heavy atom. The molecule has 4 aromatic rings. The number of Topliss-reactive ketones (excluding diaryl/α,β-unsaturated/α-hetero) is 1. The average molecular weight is 329 g/mol. The van der Waals surface area contributed by atoms with Gasteiger partial charge in [0, 0.05) is 37.3 Å². The third kappa shape index (κ3) is 2.21. The van der Waals surface area contributed by atoms with Gasteiger partial charge in [0.15, 0.2) is 5.78 Å². The SMILES string of the molecule is Cn1c(C(=O)Cc2ccc3c(c2)nc2n3CCC2)cc2ccccc21. The summed E-state index contributed by atoms with van der Waals surface area (Å²) in [5.74, 6) is 1.32. The highest BCUT2D eigenvalue weighted by Crippen LogP contribution is 2.25. The molecule has 3 heterocycles. The number of rotatable bonds is 3. The molecule has 0 N–H and O–H groups in total. The number of aromatic nitrogens is 3. The molecule has 0 aliphatic carbocycles. The summed E-state index contributed by atoms with van der Waals surface area (Å²) < 4.78 is 4.28. The zero-order valence-corrected chi connectivity index (χ0v) is 14.2. The lowest BCUT2D eigenvalue weighted by atomic mass is 10.1. The predicted molar refractivity (Wildman–Crippen MR) is 99.0 cm³/mol. The molecule has 0 amide bonds. The van der Waals surface area contributed by atoms with Crippen LogP contribution < -0.4 is 0 Å². The van der Waals surface area contributed by atoms with E-state index in [0.29, 0.717) is 6.42 Å². The first kappa shape index (κ1) is 14.5. The number of ketones is 1. The third-order valence-corrected chi connectivity index (χ3v) is 5.28. The normalized spacial score (nSPS) is 13.6. The molecule has 0 atom stereocenters. The van der Waals surface area contributed by atoms with Crippen molar-refractivity contribution in [1.82, 2.24) is 14.1 Å². The lowest BCUT2D eigenvalue weighted by Gasteiger charge is -2.05. The van der Waals surface area contributed by atoms with Crippen molar-refractivity contribution in [3.05, 3.63) is 65.6 Å². The Morgan fingerprint density at radius 2 is 2.00 bits per heavy atom. The van der Waals surface area contributed by atoms with Crippen molar-refractivity contribution in [2.75, 3.05) is 0 Å². The Morgan fingerprint density at radius 1 is 1.12 bits per heavy atom. The van der Waals surface area contributed by atoms with Gasteiger partial charge in [-0.25, -0.2) is 4.98 Å². The molecule has 0 saturated carbocycles. The number of nitrogens with zero attached hydrogens (tertiary/aromatic N) is 3. The maximum absolute atomic E-state index is 12.8. The van der Waals surface area contributed by atoms with Crippen LogP contribution in [0.3, 0.4) is 0 Å². The summed E-state index contributed by atoms with van der Waals surface area (Å²) in [4.78, 5) is 17.6. The Labute approximate surface area is 145 Å². The van der Waals surface area contributed by atoms with Gasteiger partial charge in [-0.3, -0.25) is 4.79 Å². The molecule has 4 heteroatoms. The molecule has 0 saturated heterocycles. The van der Waals surface area contributed by atoms with Crippen LogP contribution in [0.5, 0.6) is 0 Å². The van der Waals surface area contributed by atoms with Gasteiger partial charge in [-0.2, -0.15) is 0 Å². The summed E-state index contributed by atoms with van der Waals surface area (Å²) >= 11 is 0. The van der Waals surface area contributed by atoms with Gasteiger partial charge >= 0.3 is 0 Å². The van der Waals surface area contributed by atoms with Crippen LogP contribution >= 0.6 is 0 Å². The monoisotopic (exact) mass is 329 g/mol. The van der Waals surface area contributed by atoms with Gasteiger partial charge in [0.2, 0.25) is 0 Å². The van der Waals surface area contributed by atoms with Crippen molar-refractivity contribution in [2.45, 2.75) is 25.8 Å². The number of carbonyl (C=O) groups is 1. The van der Waals surface area contributed by atoms with E-state index in [1.54, 1.807) is 0 Å². The van der Waals surface area contributed by atoms with Gasteiger partial charge in [-0.15, -0.1) is 0 Å². The second kappa shape index (κ2) is 5.31. The maximum atomic E-state index is 12.8. The molecule has 124 valence electrons. The van der Waals surface area contributed by atoms with Crippen molar-refractivity contribution in [3.63, 3.8) is 0 Å². The molecular formula is C21H19N3O. The molecule has 5 rings (SSSR count). The predicted octanol–water partition coefficient (Wildman–Crippen LogP) is 3.90. The minimum Gasteiger partial charge on any atom is -0.341 e. The summed E-state index contributed by atoms with van der Waals surface area (Å²) in [7, 11) is 1.96. The second-order valence-corrected chi connectivity index (χ2v) is 6.85. The van der Waals surface area contributed by atoms with Crippen LogP contribution in [0.1, 0.15) is 28.3 Å². The van der Waals surface area contributed by atoms with Crippen molar-refractivity contribution in [3.8, 4) is 0 Å². The van der Waals surface area contributed by atoms with Crippen LogP contribution in [0.2, 0.25) is 0 Å². The van der Waals surface area contributed by atoms with Gasteiger partial charge in [0.1, 0.15) is 5.82 Å². The summed E-state index contributed by atoms with van der Waals surface area (Å²) in [6, 6.07) is 16.3. The number of hydrogen-bond acceptors (Lipinski definition) is 2. The number of carbonyl (C=O) groups excluding carboxylic acids is 1. The van der Waals surface area contributed by atoms with Crippen molar-refractivity contribution in [2.24, 2.45) is 7.05 Å². The lowest BCUT2D eigenvalue weighted by molar-refractivity contribution is 0.0985. The molecule has 2 aromatic carbocycles. The Hall–Kier alpha value is -2.88. The quantitative estimate of drug-likeness (QED) is 0.535. The van der Waals surface area contributed by atoms with E-state index >= 15 is 0 Å². The molecule has 0 spiro atoms. The highest BCUT2D eigenvalue weighted by atomic mass is 16.1. The number of para-hydroxylation sites is 1. The first-order chi connectivity index (χ1) is 12.2. The Bertz CT molecular complexity index is 1130. The van der Waals surface area contributed by atoms with Crippen LogP contribution in [0.15, 0.2) is 48.5 Å². The highest BCUT2D eigenvalue weighted by Gasteiger charge is 2.18. The second-order valence-electron chi connectivity index (χ2n) is 6.85. The fourth-order valence-electron chi connectivity index (χ4n) is 4.00. The zero-order chi connectivity index (χ0) is 17.0. The van der Waals surface area contributed by atoms with E-state index in [1.165, 1.54) is 17.8 Å². The molecule has 1 aliphatic rings. The van der Waals surface area contributed by atoms with Crippen LogP contribution in [-0.4, -0.2) is 19.9 Å². The van der Waals surface area contributed by atoms with Gasteiger partial charge in [-0.1, -0.05) is 24.3 Å². The molecule has 25 heavy (non-hydrogen) atoms. The first-order valence-electron chi connectivity index (χ1n) is 8.76. The van der Waals surface area contributed by atoms with Crippen molar-refractivity contribution < 1.29 is 4.79 Å². The zero-order valence-electron chi connectivity index (χ0n) is 14.2. The summed E-state index contributed by atoms with van der Waals surface area (Å²) in [6.45, 7) is 1.06. The fourth-order valence-corrected chi connectivity index (χ4v) is 4.00. The number of aryl methyl sites for hydroxylation is 3. The molecule has 0 radical (unpaired) electrons. The van der Waals surface area contributed by atoms with E-state index in [0.717, 1.165) is 40.6 Å². The maximum Gasteiger partial charge on any atom is 0.183 e.